The molecule has 3 rings (SSSR count). The van der Waals surface area contributed by atoms with E-state index >= 15 is 0 Å². The van der Waals surface area contributed by atoms with Crippen molar-refractivity contribution in [2.24, 2.45) is 0 Å². The second-order valence-electron chi connectivity index (χ2n) is 4.76. The van der Waals surface area contributed by atoms with E-state index in [1.807, 2.05) is 18.5 Å². The van der Waals surface area contributed by atoms with Crippen LogP contribution < -0.4 is 5.32 Å². The van der Waals surface area contributed by atoms with E-state index in [-0.39, 0.29) is 6.10 Å². The number of nitrogens with zero attached hydrogens (tertiary/aromatic N) is 1. The van der Waals surface area contributed by atoms with Crippen LogP contribution in [-0.4, -0.2) is 37.5 Å². The molecule has 2 heterocycles. The first-order valence-corrected chi connectivity index (χ1v) is 6.64. The zero-order chi connectivity index (χ0) is 12.9. The van der Waals surface area contributed by atoms with Crippen molar-refractivity contribution < 1.29 is 9.47 Å². The molecular formula is C15H18N2O2. The minimum Gasteiger partial charge on any atom is -0.376 e. The van der Waals surface area contributed by atoms with Gasteiger partial charge in [-0.2, -0.15) is 0 Å². The Balaban J connectivity index is 1.56. The molecular weight excluding hydrogens is 240 g/mol. The van der Waals surface area contributed by atoms with Crippen molar-refractivity contribution in [1.82, 2.24) is 10.3 Å². The highest BCUT2D eigenvalue weighted by molar-refractivity contribution is 5.81. The van der Waals surface area contributed by atoms with Gasteiger partial charge in [-0.1, -0.05) is 12.1 Å². The quantitative estimate of drug-likeness (QED) is 0.907. The topological polar surface area (TPSA) is 43.4 Å². The second kappa shape index (κ2) is 6.10. The van der Waals surface area contributed by atoms with Crippen molar-refractivity contribution in [2.75, 3.05) is 26.4 Å². The molecule has 0 aliphatic carbocycles. The third-order valence-corrected chi connectivity index (χ3v) is 3.29. The van der Waals surface area contributed by atoms with E-state index in [0.29, 0.717) is 13.2 Å². The Kier molecular flexibility index (Phi) is 4.03. The third-order valence-electron chi connectivity index (χ3n) is 3.29. The van der Waals surface area contributed by atoms with E-state index in [9.17, 15) is 0 Å². The molecule has 19 heavy (non-hydrogen) atoms. The molecule has 1 fully saturated rings. The molecule has 1 N–H and O–H groups in total. The number of pyridine rings is 1. The summed E-state index contributed by atoms with van der Waals surface area (Å²) in [4.78, 5) is 4.12. The normalized spacial score (nSPS) is 19.7. The highest BCUT2D eigenvalue weighted by Gasteiger charge is 2.13. The summed E-state index contributed by atoms with van der Waals surface area (Å²) in [5.41, 5.74) is 1.27. The minimum atomic E-state index is 0.179. The first-order chi connectivity index (χ1) is 9.42. The maximum Gasteiger partial charge on any atom is 0.0933 e. The molecule has 0 amide bonds. The summed E-state index contributed by atoms with van der Waals surface area (Å²) in [5.74, 6) is 0. The Morgan fingerprint density at radius 3 is 3.11 bits per heavy atom. The number of fused-ring (bicyclic) bond motifs is 1. The molecule has 1 aromatic carbocycles. The van der Waals surface area contributed by atoms with E-state index < -0.39 is 0 Å². The first kappa shape index (κ1) is 12.5. The van der Waals surface area contributed by atoms with Crippen molar-refractivity contribution in [1.29, 1.82) is 0 Å². The summed E-state index contributed by atoms with van der Waals surface area (Å²) in [6.07, 6.45) is 3.89. The van der Waals surface area contributed by atoms with E-state index in [2.05, 4.69) is 28.5 Å². The van der Waals surface area contributed by atoms with Gasteiger partial charge in [-0.15, -0.1) is 0 Å². The Morgan fingerprint density at radius 1 is 1.21 bits per heavy atom. The van der Waals surface area contributed by atoms with Crippen molar-refractivity contribution in [3.63, 3.8) is 0 Å². The number of rotatable bonds is 4. The van der Waals surface area contributed by atoms with Crippen molar-refractivity contribution in [2.45, 2.75) is 12.6 Å². The molecule has 1 aliphatic heterocycles. The monoisotopic (exact) mass is 258 g/mol. The highest BCUT2D eigenvalue weighted by Crippen LogP contribution is 2.14. The van der Waals surface area contributed by atoms with Crippen LogP contribution in [-0.2, 0) is 16.0 Å². The Morgan fingerprint density at radius 2 is 2.21 bits per heavy atom. The van der Waals surface area contributed by atoms with E-state index in [4.69, 9.17) is 9.47 Å². The van der Waals surface area contributed by atoms with Crippen LogP contribution in [0.15, 0.2) is 36.7 Å². The molecule has 4 heteroatoms. The van der Waals surface area contributed by atoms with Gasteiger partial charge < -0.3 is 14.8 Å². The van der Waals surface area contributed by atoms with E-state index in [1.165, 1.54) is 16.3 Å². The average Bonchev–Trinajstić information content (AvgIpc) is 2.48. The number of hydrogen-bond donors (Lipinski definition) is 1. The van der Waals surface area contributed by atoms with Crippen LogP contribution in [0.1, 0.15) is 5.56 Å². The zero-order valence-corrected chi connectivity index (χ0v) is 10.8. The summed E-state index contributed by atoms with van der Waals surface area (Å²) >= 11 is 0. The van der Waals surface area contributed by atoms with Crippen LogP contribution in [0.3, 0.4) is 0 Å². The summed E-state index contributed by atoms with van der Waals surface area (Å²) in [5, 5.41) is 5.82. The van der Waals surface area contributed by atoms with Crippen LogP contribution in [0, 0.1) is 0 Å². The Hall–Kier alpha value is -1.49. The lowest BCUT2D eigenvalue weighted by Gasteiger charge is -2.23. The summed E-state index contributed by atoms with van der Waals surface area (Å²) < 4.78 is 11.0. The third kappa shape index (κ3) is 3.29. The second-order valence-corrected chi connectivity index (χ2v) is 4.76. The summed E-state index contributed by atoms with van der Waals surface area (Å²) in [7, 11) is 0. The van der Waals surface area contributed by atoms with Gasteiger partial charge in [0, 0.05) is 30.9 Å². The Labute approximate surface area is 112 Å². The number of aromatic nitrogens is 1. The lowest BCUT2D eigenvalue weighted by Crippen LogP contribution is -2.37. The summed E-state index contributed by atoms with van der Waals surface area (Å²) in [6, 6.07) is 8.48. The predicted octanol–water partition coefficient (Wildman–Crippen LogP) is 1.74. The molecule has 0 saturated carbocycles. The van der Waals surface area contributed by atoms with E-state index in [0.717, 1.165) is 19.7 Å². The first-order valence-electron chi connectivity index (χ1n) is 6.64. The van der Waals surface area contributed by atoms with Gasteiger partial charge in [0.15, 0.2) is 0 Å². The fraction of sp³-hybridized carbons (Fsp3) is 0.400. The van der Waals surface area contributed by atoms with Gasteiger partial charge in [-0.3, -0.25) is 4.98 Å². The predicted molar refractivity (Wildman–Crippen MR) is 74.0 cm³/mol. The number of nitrogens with one attached hydrogen (secondary N) is 1. The maximum atomic E-state index is 5.59. The van der Waals surface area contributed by atoms with Crippen LogP contribution in [0.2, 0.25) is 0 Å². The summed E-state index contributed by atoms with van der Waals surface area (Å²) in [6.45, 7) is 3.79. The lowest BCUT2D eigenvalue weighted by molar-refractivity contribution is -0.0864. The van der Waals surface area contributed by atoms with Gasteiger partial charge >= 0.3 is 0 Å². The standard InChI is InChI=1S/C15H18N2O2/c1-2-14-9-16-4-3-13(14)7-12(1)8-17-10-15-11-18-5-6-19-15/h1-4,7,9,15,17H,5-6,8,10-11H2. The minimum absolute atomic E-state index is 0.179. The molecule has 0 spiro atoms. The zero-order valence-electron chi connectivity index (χ0n) is 10.8. The van der Waals surface area contributed by atoms with Gasteiger partial charge in [-0.25, -0.2) is 0 Å². The molecule has 100 valence electrons. The molecule has 4 nitrogen and oxygen atoms in total. The van der Waals surface area contributed by atoms with Gasteiger partial charge in [0.25, 0.3) is 0 Å². The van der Waals surface area contributed by atoms with Crippen LogP contribution in [0.25, 0.3) is 10.8 Å². The van der Waals surface area contributed by atoms with Crippen LogP contribution >= 0.6 is 0 Å². The van der Waals surface area contributed by atoms with Crippen molar-refractivity contribution in [3.05, 3.63) is 42.2 Å². The highest BCUT2D eigenvalue weighted by atomic mass is 16.6. The van der Waals surface area contributed by atoms with E-state index in [1.54, 1.807) is 0 Å². The fourth-order valence-corrected chi connectivity index (χ4v) is 2.27. The molecule has 2 aromatic rings. The molecule has 1 unspecified atom stereocenters. The molecule has 1 saturated heterocycles. The Bertz CT molecular complexity index is 538. The molecule has 1 aliphatic rings. The van der Waals surface area contributed by atoms with Crippen LogP contribution in [0.4, 0.5) is 0 Å². The van der Waals surface area contributed by atoms with Gasteiger partial charge in [-0.05, 0) is 23.1 Å². The SMILES string of the molecule is c1cc2cc(CNCC3COCCO3)ccc2cn1. The lowest BCUT2D eigenvalue weighted by atomic mass is 10.1. The largest absolute Gasteiger partial charge is 0.376 e. The molecule has 0 bridgehead atoms. The number of benzene rings is 1. The van der Waals surface area contributed by atoms with Gasteiger partial charge in [0.2, 0.25) is 0 Å². The smallest absolute Gasteiger partial charge is 0.0933 e. The van der Waals surface area contributed by atoms with Gasteiger partial charge in [0.05, 0.1) is 25.9 Å². The van der Waals surface area contributed by atoms with Crippen molar-refractivity contribution in [3.8, 4) is 0 Å². The molecule has 0 radical (unpaired) electrons. The van der Waals surface area contributed by atoms with Crippen LogP contribution in [0.5, 0.6) is 0 Å². The fourth-order valence-electron chi connectivity index (χ4n) is 2.27. The van der Waals surface area contributed by atoms with Crippen molar-refractivity contribution >= 4 is 10.8 Å². The number of hydrogen-bond acceptors (Lipinski definition) is 4. The van der Waals surface area contributed by atoms with Gasteiger partial charge in [0.1, 0.15) is 0 Å². The molecule has 1 atom stereocenters. The molecule has 1 aromatic heterocycles. The number of ether oxygens (including phenoxy) is 2. The maximum absolute atomic E-state index is 5.59. The average molecular weight is 258 g/mol.